The second-order valence-electron chi connectivity index (χ2n) is 7.82. The molecular formula is C23H30N2O5S. The van der Waals surface area contributed by atoms with Crippen molar-refractivity contribution in [3.63, 3.8) is 0 Å². The van der Waals surface area contributed by atoms with Gasteiger partial charge in [0.15, 0.2) is 6.23 Å². The highest BCUT2D eigenvalue weighted by Crippen LogP contribution is 2.34. The topological polar surface area (TPSA) is 84.9 Å². The number of likely N-dealkylation sites (tertiary alicyclic amines) is 1. The Morgan fingerprint density at radius 3 is 2.55 bits per heavy atom. The van der Waals surface area contributed by atoms with Gasteiger partial charge in [-0.1, -0.05) is 24.3 Å². The molecule has 1 amide bonds. The Kier molecular flexibility index (Phi) is 8.32. The molecule has 3 atom stereocenters. The first-order valence-corrected chi connectivity index (χ1v) is 11.6. The molecule has 2 aliphatic rings. The fourth-order valence-electron chi connectivity index (χ4n) is 4.25. The fourth-order valence-corrected chi connectivity index (χ4v) is 5.44. The van der Waals surface area contributed by atoms with Gasteiger partial charge in [-0.05, 0) is 50.7 Å². The van der Waals surface area contributed by atoms with Crippen LogP contribution in [-0.4, -0.2) is 66.5 Å². The van der Waals surface area contributed by atoms with Crippen LogP contribution in [0.3, 0.4) is 0 Å². The fraction of sp³-hybridized carbons (Fsp3) is 0.565. The van der Waals surface area contributed by atoms with Gasteiger partial charge in [0.1, 0.15) is 16.9 Å². The lowest BCUT2D eigenvalue weighted by molar-refractivity contribution is -0.151. The van der Waals surface area contributed by atoms with Crippen LogP contribution in [0.1, 0.15) is 37.8 Å². The van der Waals surface area contributed by atoms with Gasteiger partial charge in [0.2, 0.25) is 5.91 Å². The lowest BCUT2D eigenvalue weighted by atomic mass is 10.1. The third-order valence-corrected chi connectivity index (χ3v) is 6.98. The van der Waals surface area contributed by atoms with Crippen molar-refractivity contribution in [2.75, 3.05) is 20.3 Å². The Hall–Kier alpha value is -2.12. The number of carbonyl (C=O) groups is 2. The van der Waals surface area contributed by atoms with Crippen molar-refractivity contribution in [3.05, 3.63) is 40.3 Å². The molecule has 7 nitrogen and oxygen atoms in total. The van der Waals surface area contributed by atoms with E-state index >= 15 is 0 Å². The Morgan fingerprint density at radius 1 is 1.29 bits per heavy atom. The molecule has 3 rings (SSSR count). The number of esters is 1. The molecule has 0 spiro atoms. The lowest BCUT2D eigenvalue weighted by Crippen LogP contribution is -2.52. The zero-order chi connectivity index (χ0) is 22.4. The standard InChI is InChI=1S/C23H30N2O5S/c1-4-30-21(20(14-26)31-18-12-16-8-5-6-9-17(16)13-18)24-15(2)22(27)25-11-7-10-19(25)23(28)29-3/h5-6,8-9,15,18-19,21,24H,4,7,10-13H2,1-3H3/t15-,19-,21+/m0/s1. The van der Waals surface area contributed by atoms with E-state index in [9.17, 15) is 14.4 Å². The number of amides is 1. The van der Waals surface area contributed by atoms with E-state index in [4.69, 9.17) is 9.47 Å². The van der Waals surface area contributed by atoms with Crippen LogP contribution in [0.4, 0.5) is 0 Å². The van der Waals surface area contributed by atoms with Crippen LogP contribution in [0.15, 0.2) is 29.2 Å². The van der Waals surface area contributed by atoms with Crippen molar-refractivity contribution in [1.82, 2.24) is 10.2 Å². The highest BCUT2D eigenvalue weighted by Gasteiger charge is 2.37. The second kappa shape index (κ2) is 11.0. The average molecular weight is 447 g/mol. The minimum absolute atomic E-state index is 0.207. The van der Waals surface area contributed by atoms with Crippen molar-refractivity contribution in [1.29, 1.82) is 0 Å². The van der Waals surface area contributed by atoms with Gasteiger partial charge in [-0.2, -0.15) is 0 Å². The first kappa shape index (κ1) is 23.5. The van der Waals surface area contributed by atoms with Crippen LogP contribution in [0, 0.1) is 0 Å². The Balaban J connectivity index is 1.64. The molecule has 1 heterocycles. The van der Waals surface area contributed by atoms with Crippen LogP contribution in [0.5, 0.6) is 0 Å². The molecule has 1 aromatic carbocycles. The number of ether oxygens (including phenoxy) is 2. The number of hydrogen-bond donors (Lipinski definition) is 1. The number of hydrogen-bond acceptors (Lipinski definition) is 7. The molecule has 0 radical (unpaired) electrons. The molecule has 0 saturated carbocycles. The molecule has 31 heavy (non-hydrogen) atoms. The summed E-state index contributed by atoms with van der Waals surface area (Å²) in [7, 11) is 1.33. The van der Waals surface area contributed by atoms with Crippen molar-refractivity contribution in [3.8, 4) is 0 Å². The highest BCUT2D eigenvalue weighted by molar-refractivity contribution is 8.04. The lowest BCUT2D eigenvalue weighted by Gasteiger charge is -2.29. The third-order valence-electron chi connectivity index (χ3n) is 5.76. The number of rotatable bonds is 9. The van der Waals surface area contributed by atoms with Gasteiger partial charge in [-0.25, -0.2) is 9.59 Å². The van der Waals surface area contributed by atoms with Gasteiger partial charge < -0.3 is 14.4 Å². The van der Waals surface area contributed by atoms with Crippen molar-refractivity contribution in [2.45, 2.75) is 63.1 Å². The van der Waals surface area contributed by atoms with Gasteiger partial charge in [0.05, 0.1) is 13.2 Å². The number of nitrogens with zero attached hydrogens (tertiary/aromatic N) is 1. The van der Waals surface area contributed by atoms with Crippen LogP contribution < -0.4 is 5.32 Å². The Labute approximate surface area is 187 Å². The molecule has 0 bridgehead atoms. The summed E-state index contributed by atoms with van der Waals surface area (Å²) >= 11 is 1.46. The van der Waals surface area contributed by atoms with Gasteiger partial charge in [-0.3, -0.25) is 10.1 Å². The largest absolute Gasteiger partial charge is 0.467 e. The van der Waals surface area contributed by atoms with E-state index < -0.39 is 24.3 Å². The number of thioether (sulfide) groups is 1. The predicted molar refractivity (Wildman–Crippen MR) is 119 cm³/mol. The molecule has 1 aliphatic heterocycles. The van der Waals surface area contributed by atoms with E-state index in [1.807, 2.05) is 25.0 Å². The quantitative estimate of drug-likeness (QED) is 0.353. The van der Waals surface area contributed by atoms with Gasteiger partial charge in [0, 0.05) is 18.4 Å². The van der Waals surface area contributed by atoms with Crippen molar-refractivity contribution >= 4 is 29.6 Å². The SMILES string of the molecule is CCO[C@@H](N[C@@H](C)C(=O)N1CCC[C@H]1C(=O)OC)C(=C=O)SC1Cc2ccccc2C1. The molecule has 1 fully saturated rings. The van der Waals surface area contributed by atoms with Crippen LogP contribution in [0.25, 0.3) is 0 Å². The highest BCUT2D eigenvalue weighted by atomic mass is 32.2. The third kappa shape index (κ3) is 5.57. The number of nitrogens with one attached hydrogen (secondary N) is 1. The monoisotopic (exact) mass is 446 g/mol. The normalized spacial score (nSPS) is 20.1. The molecule has 0 aromatic heterocycles. The van der Waals surface area contributed by atoms with Gasteiger partial charge in [-0.15, -0.1) is 11.8 Å². The molecular weight excluding hydrogens is 416 g/mol. The van der Waals surface area contributed by atoms with Gasteiger partial charge >= 0.3 is 5.97 Å². The average Bonchev–Trinajstić information content (AvgIpc) is 3.42. The van der Waals surface area contributed by atoms with E-state index in [1.54, 1.807) is 11.8 Å². The maximum atomic E-state index is 13.0. The summed E-state index contributed by atoms with van der Waals surface area (Å²) in [5.74, 6) is 1.43. The number of methoxy groups -OCH3 is 1. The van der Waals surface area contributed by atoms with E-state index in [-0.39, 0.29) is 11.2 Å². The smallest absolute Gasteiger partial charge is 0.328 e. The summed E-state index contributed by atoms with van der Waals surface area (Å²) in [5.41, 5.74) is 2.61. The number of benzene rings is 1. The van der Waals surface area contributed by atoms with Crippen LogP contribution in [-0.2, 0) is 36.7 Å². The van der Waals surface area contributed by atoms with E-state index in [1.165, 1.54) is 30.0 Å². The zero-order valence-corrected chi connectivity index (χ0v) is 19.1. The maximum absolute atomic E-state index is 13.0. The minimum atomic E-state index is -0.727. The maximum Gasteiger partial charge on any atom is 0.328 e. The number of fused-ring (bicyclic) bond motifs is 1. The zero-order valence-electron chi connectivity index (χ0n) is 18.3. The molecule has 0 unspecified atom stereocenters. The first-order chi connectivity index (χ1) is 15.0. The predicted octanol–water partition coefficient (Wildman–Crippen LogP) is 2.11. The number of carbonyl (C=O) groups excluding carboxylic acids is 3. The molecule has 1 aromatic rings. The minimum Gasteiger partial charge on any atom is -0.467 e. The molecule has 1 aliphatic carbocycles. The first-order valence-electron chi connectivity index (χ1n) is 10.7. The van der Waals surface area contributed by atoms with Gasteiger partial charge in [0.25, 0.3) is 0 Å². The summed E-state index contributed by atoms with van der Waals surface area (Å²) in [4.78, 5) is 38.8. The Morgan fingerprint density at radius 2 is 1.97 bits per heavy atom. The second-order valence-corrected chi connectivity index (χ2v) is 9.16. The summed E-state index contributed by atoms with van der Waals surface area (Å²) < 4.78 is 10.6. The summed E-state index contributed by atoms with van der Waals surface area (Å²) in [6.45, 7) is 4.45. The van der Waals surface area contributed by atoms with E-state index in [0.29, 0.717) is 24.5 Å². The molecule has 1 N–H and O–H groups in total. The summed E-state index contributed by atoms with van der Waals surface area (Å²) in [5, 5.41) is 3.36. The summed E-state index contributed by atoms with van der Waals surface area (Å²) in [6, 6.07) is 7.10. The molecule has 168 valence electrons. The van der Waals surface area contributed by atoms with Crippen molar-refractivity contribution < 1.29 is 23.9 Å². The van der Waals surface area contributed by atoms with Crippen LogP contribution in [0.2, 0.25) is 0 Å². The van der Waals surface area contributed by atoms with E-state index in [2.05, 4.69) is 17.4 Å². The Bertz CT molecular complexity index is 829. The molecule has 1 saturated heterocycles. The van der Waals surface area contributed by atoms with E-state index in [0.717, 1.165) is 19.3 Å². The van der Waals surface area contributed by atoms with Crippen LogP contribution >= 0.6 is 11.8 Å². The molecule has 8 heteroatoms. The summed E-state index contributed by atoms with van der Waals surface area (Å²) in [6.07, 6.45) is 2.39. The van der Waals surface area contributed by atoms with Crippen molar-refractivity contribution in [2.24, 2.45) is 0 Å².